The first-order valence-electron chi connectivity index (χ1n) is 5.76. The molecule has 1 aromatic heterocycles. The van der Waals surface area contributed by atoms with Crippen LogP contribution in [0.5, 0.6) is 0 Å². The topological polar surface area (TPSA) is 97.5 Å². The predicted molar refractivity (Wildman–Crippen MR) is 65.8 cm³/mol. The number of carbonyl (C=O) groups is 2. The van der Waals surface area contributed by atoms with Crippen LogP contribution in [0.15, 0.2) is 6.20 Å². The van der Waals surface area contributed by atoms with Gasteiger partial charge < -0.3 is 14.7 Å². The molecule has 0 saturated carbocycles. The van der Waals surface area contributed by atoms with Crippen molar-refractivity contribution >= 4 is 12.1 Å². The second-order valence-electron chi connectivity index (χ2n) is 5.07. The molecule has 0 aromatic carbocycles. The maximum absolute atomic E-state index is 11.7. The minimum Gasteiger partial charge on any atom is -0.476 e. The van der Waals surface area contributed by atoms with E-state index in [0.717, 1.165) is 0 Å². The molecule has 1 aromatic rings. The monoisotopic (exact) mass is 270 g/mol. The number of hydrogen-bond donors (Lipinski definition) is 1. The Bertz CT molecular complexity index is 464. The molecule has 106 valence electrons. The van der Waals surface area contributed by atoms with Crippen LogP contribution in [-0.2, 0) is 11.3 Å². The molecule has 8 nitrogen and oxygen atoms in total. The third-order valence-electron chi connectivity index (χ3n) is 2.13. The summed E-state index contributed by atoms with van der Waals surface area (Å²) in [5.41, 5.74) is -0.672. The lowest BCUT2D eigenvalue weighted by Gasteiger charge is -2.24. The number of amides is 1. The highest BCUT2D eigenvalue weighted by molar-refractivity contribution is 5.84. The summed E-state index contributed by atoms with van der Waals surface area (Å²) < 4.78 is 6.54. The molecule has 0 unspecified atom stereocenters. The van der Waals surface area contributed by atoms with Gasteiger partial charge in [0.15, 0.2) is 5.69 Å². The van der Waals surface area contributed by atoms with Gasteiger partial charge in [0.25, 0.3) is 0 Å². The lowest BCUT2D eigenvalue weighted by atomic mass is 10.2. The van der Waals surface area contributed by atoms with Crippen molar-refractivity contribution in [1.82, 2.24) is 19.9 Å². The van der Waals surface area contributed by atoms with E-state index in [9.17, 15) is 9.59 Å². The fraction of sp³-hybridized carbons (Fsp3) is 0.636. The highest BCUT2D eigenvalue weighted by Gasteiger charge is 2.19. The Morgan fingerprint density at radius 1 is 1.47 bits per heavy atom. The van der Waals surface area contributed by atoms with Crippen LogP contribution in [0.25, 0.3) is 0 Å². The molecule has 0 aliphatic carbocycles. The van der Waals surface area contributed by atoms with Gasteiger partial charge in [-0.25, -0.2) is 14.3 Å². The lowest BCUT2D eigenvalue weighted by Crippen LogP contribution is -2.36. The molecule has 1 rings (SSSR count). The second-order valence-corrected chi connectivity index (χ2v) is 5.07. The molecule has 1 N–H and O–H groups in total. The van der Waals surface area contributed by atoms with Gasteiger partial charge in [0.2, 0.25) is 0 Å². The van der Waals surface area contributed by atoms with Crippen LogP contribution in [0.4, 0.5) is 4.79 Å². The van der Waals surface area contributed by atoms with Gasteiger partial charge in [-0.05, 0) is 20.8 Å². The van der Waals surface area contributed by atoms with Crippen molar-refractivity contribution in [2.75, 3.05) is 13.6 Å². The summed E-state index contributed by atoms with van der Waals surface area (Å²) in [5.74, 6) is -1.13. The van der Waals surface area contributed by atoms with Gasteiger partial charge in [0.1, 0.15) is 5.60 Å². The van der Waals surface area contributed by atoms with E-state index in [1.54, 1.807) is 27.8 Å². The summed E-state index contributed by atoms with van der Waals surface area (Å²) in [7, 11) is 1.60. The normalized spacial score (nSPS) is 11.2. The average molecular weight is 270 g/mol. The summed E-state index contributed by atoms with van der Waals surface area (Å²) in [6, 6.07) is 0. The maximum atomic E-state index is 11.7. The van der Waals surface area contributed by atoms with E-state index in [0.29, 0.717) is 13.1 Å². The van der Waals surface area contributed by atoms with Crippen molar-refractivity contribution in [3.05, 3.63) is 11.9 Å². The third-order valence-corrected chi connectivity index (χ3v) is 2.13. The largest absolute Gasteiger partial charge is 0.476 e. The Balaban J connectivity index is 2.47. The number of carbonyl (C=O) groups excluding carboxylic acids is 1. The molecule has 0 spiro atoms. The SMILES string of the molecule is CN(CCn1cc(C(=O)O)nn1)C(=O)OC(C)(C)C. The summed E-state index contributed by atoms with van der Waals surface area (Å²) >= 11 is 0. The summed E-state index contributed by atoms with van der Waals surface area (Å²) in [5, 5.41) is 15.8. The zero-order valence-electron chi connectivity index (χ0n) is 11.5. The molecule has 0 bridgehead atoms. The first-order chi connectivity index (χ1) is 8.69. The van der Waals surface area contributed by atoms with Crippen molar-refractivity contribution in [3.63, 3.8) is 0 Å². The van der Waals surface area contributed by atoms with Crippen molar-refractivity contribution in [1.29, 1.82) is 0 Å². The Morgan fingerprint density at radius 2 is 2.11 bits per heavy atom. The van der Waals surface area contributed by atoms with Gasteiger partial charge >= 0.3 is 12.1 Å². The lowest BCUT2D eigenvalue weighted by molar-refractivity contribution is 0.0291. The highest BCUT2D eigenvalue weighted by Crippen LogP contribution is 2.08. The molecule has 0 fully saturated rings. The summed E-state index contributed by atoms with van der Waals surface area (Å²) in [4.78, 5) is 23.7. The van der Waals surface area contributed by atoms with Crippen molar-refractivity contribution in [2.24, 2.45) is 0 Å². The minimum atomic E-state index is -1.13. The van der Waals surface area contributed by atoms with Crippen molar-refractivity contribution < 1.29 is 19.4 Å². The Hall–Kier alpha value is -2.12. The number of aromatic nitrogens is 3. The fourth-order valence-corrected chi connectivity index (χ4v) is 1.19. The molecule has 0 aliphatic rings. The quantitative estimate of drug-likeness (QED) is 0.870. The molecule has 0 saturated heterocycles. The highest BCUT2D eigenvalue weighted by atomic mass is 16.6. The van der Waals surface area contributed by atoms with Gasteiger partial charge in [-0.2, -0.15) is 0 Å². The van der Waals surface area contributed by atoms with Crippen molar-refractivity contribution in [2.45, 2.75) is 32.9 Å². The van der Waals surface area contributed by atoms with Gasteiger partial charge in [-0.15, -0.1) is 5.10 Å². The summed E-state index contributed by atoms with van der Waals surface area (Å²) in [6.45, 7) is 6.05. The predicted octanol–water partition coefficient (Wildman–Crippen LogP) is 0.843. The average Bonchev–Trinajstić information content (AvgIpc) is 2.72. The number of carboxylic acid groups (broad SMARTS) is 1. The second kappa shape index (κ2) is 5.68. The first-order valence-corrected chi connectivity index (χ1v) is 5.76. The Kier molecular flexibility index (Phi) is 4.47. The van der Waals surface area contributed by atoms with E-state index >= 15 is 0 Å². The van der Waals surface area contributed by atoms with Crippen LogP contribution in [0, 0.1) is 0 Å². The molecule has 0 aliphatic heterocycles. The number of ether oxygens (including phenoxy) is 1. The van der Waals surface area contributed by atoms with Crippen LogP contribution in [-0.4, -0.2) is 56.3 Å². The molecule has 1 heterocycles. The van der Waals surface area contributed by atoms with Gasteiger partial charge in [0, 0.05) is 13.6 Å². The van der Waals surface area contributed by atoms with Crippen molar-refractivity contribution in [3.8, 4) is 0 Å². The molecule has 0 atom stereocenters. The van der Waals surface area contributed by atoms with E-state index in [-0.39, 0.29) is 5.69 Å². The van der Waals surface area contributed by atoms with Crippen LogP contribution in [0.2, 0.25) is 0 Å². The fourth-order valence-electron chi connectivity index (χ4n) is 1.19. The third kappa shape index (κ3) is 4.94. The first kappa shape index (κ1) is 14.9. The van der Waals surface area contributed by atoms with E-state index in [1.165, 1.54) is 15.8 Å². The van der Waals surface area contributed by atoms with E-state index < -0.39 is 17.7 Å². The number of nitrogens with zero attached hydrogens (tertiary/aromatic N) is 4. The number of rotatable bonds is 4. The summed E-state index contributed by atoms with van der Waals surface area (Å²) in [6.07, 6.45) is 0.872. The maximum Gasteiger partial charge on any atom is 0.410 e. The van der Waals surface area contributed by atoms with Crippen LogP contribution in [0.1, 0.15) is 31.3 Å². The van der Waals surface area contributed by atoms with Gasteiger partial charge in [-0.3, -0.25) is 0 Å². The number of aromatic carboxylic acids is 1. The van der Waals surface area contributed by atoms with Gasteiger partial charge in [-0.1, -0.05) is 5.21 Å². The number of likely N-dealkylation sites (N-methyl/N-ethyl adjacent to an activating group) is 1. The zero-order chi connectivity index (χ0) is 14.6. The smallest absolute Gasteiger partial charge is 0.410 e. The van der Waals surface area contributed by atoms with Crippen LogP contribution < -0.4 is 0 Å². The zero-order valence-corrected chi connectivity index (χ0v) is 11.5. The number of carboxylic acids is 1. The molecule has 19 heavy (non-hydrogen) atoms. The van der Waals surface area contributed by atoms with E-state index in [2.05, 4.69) is 10.3 Å². The molecule has 1 amide bonds. The van der Waals surface area contributed by atoms with E-state index in [1.807, 2.05) is 0 Å². The molecular weight excluding hydrogens is 252 g/mol. The standard InChI is InChI=1S/C11H18N4O4/c1-11(2,3)19-10(18)14(4)5-6-15-7-8(9(16)17)12-13-15/h7H,5-6H2,1-4H3,(H,16,17). The van der Waals surface area contributed by atoms with Gasteiger partial charge in [0.05, 0.1) is 12.7 Å². The van der Waals surface area contributed by atoms with E-state index in [4.69, 9.17) is 9.84 Å². The van der Waals surface area contributed by atoms with Crippen LogP contribution in [0.3, 0.4) is 0 Å². The number of hydrogen-bond acceptors (Lipinski definition) is 5. The molecule has 0 radical (unpaired) electrons. The molecule has 8 heteroatoms. The minimum absolute atomic E-state index is 0.125. The molecular formula is C11H18N4O4. The Labute approximate surface area is 111 Å². The van der Waals surface area contributed by atoms with Crippen LogP contribution >= 0.6 is 0 Å². The Morgan fingerprint density at radius 3 is 2.58 bits per heavy atom.